The van der Waals surface area contributed by atoms with Crippen molar-refractivity contribution in [1.29, 1.82) is 0 Å². The van der Waals surface area contributed by atoms with E-state index in [2.05, 4.69) is 24.8 Å². The first-order chi connectivity index (χ1) is 41.7. The van der Waals surface area contributed by atoms with Gasteiger partial charge in [0.25, 0.3) is 5.91 Å². The van der Waals surface area contributed by atoms with Crippen molar-refractivity contribution in [3.63, 3.8) is 0 Å². The third-order valence-electron chi connectivity index (χ3n) is 13.1. The summed E-state index contributed by atoms with van der Waals surface area (Å²) in [6.45, 7) is 2.48. The molecule has 1 saturated heterocycles. The van der Waals surface area contributed by atoms with Crippen molar-refractivity contribution in [2.24, 2.45) is 5.92 Å². The van der Waals surface area contributed by atoms with Gasteiger partial charge in [-0.3, -0.25) is 38.4 Å². The molecule has 1 spiro atoms. The Labute approximate surface area is 513 Å². The number of hydrogen-bond acceptors (Lipinski definition) is 24. The Balaban J connectivity index is 1.12. The number of carbonyl (C=O) groups is 10. The molecule has 1 fully saturated rings. The summed E-state index contributed by atoms with van der Waals surface area (Å²) in [7, 11) is 0. The maximum absolute atomic E-state index is 14.3. The van der Waals surface area contributed by atoms with Crippen molar-refractivity contribution >= 4 is 111 Å². The molecule has 26 nitrogen and oxygen atoms in total. The molecule has 87 heavy (non-hydrogen) atoms. The van der Waals surface area contributed by atoms with Crippen LogP contribution in [0.2, 0.25) is 10.0 Å². The maximum Gasteiger partial charge on any atom is 0.347 e. The number of carbonyl (C=O) groups excluding carboxylic acids is 10. The molecule has 2 amide bonds. The normalized spacial score (nSPS) is 14.3. The average molecular weight is 1270 g/mol. The molecule has 7 rings (SSSR count). The molecule has 1 unspecified atom stereocenters. The van der Waals surface area contributed by atoms with Gasteiger partial charge in [-0.2, -0.15) is 0 Å². The smallest absolute Gasteiger partial charge is 0.347 e. The van der Waals surface area contributed by atoms with Gasteiger partial charge in [0.15, 0.2) is 18.0 Å². The fraction of sp³-hybridized carbons (Fsp3) is 0.414. The van der Waals surface area contributed by atoms with E-state index in [1.165, 1.54) is 55.5 Å². The minimum Gasteiger partial charge on any atom is -0.480 e. The Morgan fingerprint density at radius 3 is 1.89 bits per heavy atom. The quantitative estimate of drug-likeness (QED) is 0.0136. The van der Waals surface area contributed by atoms with Crippen LogP contribution in [-0.2, 0) is 86.6 Å². The zero-order valence-electron chi connectivity index (χ0n) is 47.6. The molecule has 29 heteroatoms. The van der Waals surface area contributed by atoms with Gasteiger partial charge in [-0.25, -0.2) is 9.59 Å². The highest BCUT2D eigenvalue weighted by Crippen LogP contribution is 2.59. The maximum atomic E-state index is 14.3. The van der Waals surface area contributed by atoms with Crippen molar-refractivity contribution in [2.45, 2.75) is 59.0 Å². The van der Waals surface area contributed by atoms with Crippen LogP contribution in [0.1, 0.15) is 90.8 Å². The Kier molecular flexibility index (Phi) is 23.8. The van der Waals surface area contributed by atoms with E-state index in [0.717, 1.165) is 51.4 Å². The number of alkyl halides is 1. The third-order valence-corrected chi connectivity index (χ3v) is 14.0. The predicted octanol–water partition coefficient (Wildman–Crippen LogP) is 6.50. The molecule has 0 saturated carbocycles. The van der Waals surface area contributed by atoms with Crippen molar-refractivity contribution in [3.05, 3.63) is 98.5 Å². The standard InChI is InChI=1S/C58H61Cl3N4O22/c1-33(66)79-30-82-52(70)27-65(28-53(71)83-31-80-34(2)67)46-12-10-39(20-51(46)78-29-54(72)84-32-81-35(3)68)63-56(74)37-9-11-41-40(19-37)57(75)87-58(41)42-21-44(60)47(23-48(42)86-49-24-50(85-36(4)69)45(61)22-43(49)58)64-25-38(26-64)55(73)62-14-16-77-18-17-76-15-8-6-5-7-13-59/h9-12,19-24,38H,5-8,13-18,25-32H2,1-4H3,(H,62,73)(H,63,74). The highest BCUT2D eigenvalue weighted by atomic mass is 35.5. The summed E-state index contributed by atoms with van der Waals surface area (Å²) in [5.74, 6) is -7.66. The molecular formula is C58H61Cl3N4O22. The summed E-state index contributed by atoms with van der Waals surface area (Å²) in [6.07, 6.45) is 4.07. The lowest BCUT2D eigenvalue weighted by atomic mass is 9.77. The van der Waals surface area contributed by atoms with Gasteiger partial charge >= 0.3 is 47.8 Å². The molecule has 0 aliphatic carbocycles. The van der Waals surface area contributed by atoms with Crippen molar-refractivity contribution in [1.82, 2.24) is 5.32 Å². The largest absolute Gasteiger partial charge is 0.480 e. The number of nitrogens with zero attached hydrogens (tertiary/aromatic N) is 2. The summed E-state index contributed by atoms with van der Waals surface area (Å²) < 4.78 is 64.1. The molecule has 1 atom stereocenters. The van der Waals surface area contributed by atoms with E-state index in [0.29, 0.717) is 57.6 Å². The Bertz CT molecular complexity index is 3230. The molecule has 0 aromatic heterocycles. The van der Waals surface area contributed by atoms with Crippen LogP contribution in [0, 0.1) is 5.92 Å². The molecule has 4 aromatic carbocycles. The number of nitrogens with one attached hydrogen (secondary N) is 2. The first-order valence-corrected chi connectivity index (χ1v) is 28.3. The Morgan fingerprint density at radius 1 is 0.644 bits per heavy atom. The molecule has 0 bridgehead atoms. The number of amides is 2. The van der Waals surface area contributed by atoms with Gasteiger partial charge in [0.2, 0.25) is 26.3 Å². The van der Waals surface area contributed by atoms with Crippen LogP contribution < -0.4 is 34.6 Å². The molecule has 466 valence electrons. The number of anilines is 3. The van der Waals surface area contributed by atoms with E-state index in [4.69, 9.17) is 77.4 Å². The van der Waals surface area contributed by atoms with E-state index >= 15 is 0 Å². The van der Waals surface area contributed by atoms with Crippen LogP contribution >= 0.6 is 34.8 Å². The van der Waals surface area contributed by atoms with E-state index < -0.39 is 99.3 Å². The Hall–Kier alpha value is -8.43. The van der Waals surface area contributed by atoms with E-state index in [-0.39, 0.29) is 84.1 Å². The van der Waals surface area contributed by atoms with Gasteiger partial charge in [-0.05, 0) is 49.2 Å². The first-order valence-electron chi connectivity index (χ1n) is 27.0. The third kappa shape index (κ3) is 17.8. The highest BCUT2D eigenvalue weighted by molar-refractivity contribution is 6.33. The number of benzene rings is 4. The van der Waals surface area contributed by atoms with Gasteiger partial charge in [-0.1, -0.05) is 42.1 Å². The number of hydrogen-bond donors (Lipinski definition) is 2. The van der Waals surface area contributed by atoms with Gasteiger partial charge in [0.05, 0.1) is 52.7 Å². The van der Waals surface area contributed by atoms with Crippen LogP contribution in [0.4, 0.5) is 17.1 Å². The summed E-state index contributed by atoms with van der Waals surface area (Å²) in [6, 6.07) is 14.0. The zero-order chi connectivity index (χ0) is 62.8. The lowest BCUT2D eigenvalue weighted by Gasteiger charge is -2.42. The van der Waals surface area contributed by atoms with Crippen LogP contribution in [0.3, 0.4) is 0 Å². The average Bonchev–Trinajstić information content (AvgIpc) is 1.65. The fourth-order valence-electron chi connectivity index (χ4n) is 9.07. The minimum absolute atomic E-state index is 0.00549. The van der Waals surface area contributed by atoms with Crippen LogP contribution in [0.15, 0.2) is 60.7 Å². The SMILES string of the molecule is CC(=O)OCOC(=O)COc1cc(NC(=O)c2ccc3c(c2)C(=O)OC32c3cc(Cl)c(OC(C)=O)cc3Oc3cc(N4CC(C(=O)NCCOCCOCCCCCCCl)C4)c(Cl)cc32)ccc1N(CC(=O)OCOC(C)=O)CC(=O)OCOC(C)=O. The van der Waals surface area contributed by atoms with Gasteiger partial charge < -0.3 is 77.3 Å². The summed E-state index contributed by atoms with van der Waals surface area (Å²) in [5.41, 5.74) is -0.850. The van der Waals surface area contributed by atoms with Gasteiger partial charge in [0, 0.05) is 106 Å². The number of unbranched alkanes of at least 4 members (excludes halogenated alkanes) is 3. The number of rotatable bonds is 31. The second-order valence-electron chi connectivity index (χ2n) is 19.4. The molecule has 3 aliphatic heterocycles. The van der Waals surface area contributed by atoms with Crippen molar-refractivity contribution in [2.75, 3.05) is 107 Å². The van der Waals surface area contributed by atoms with Crippen LogP contribution in [0.5, 0.6) is 23.0 Å². The van der Waals surface area contributed by atoms with Crippen LogP contribution in [-0.4, -0.2) is 152 Å². The number of esters is 8. The molecule has 3 heterocycles. The van der Waals surface area contributed by atoms with Gasteiger partial charge in [0.1, 0.15) is 30.3 Å². The fourth-order valence-corrected chi connectivity index (χ4v) is 9.74. The number of halogens is 3. The van der Waals surface area contributed by atoms with E-state index in [1.54, 1.807) is 12.1 Å². The summed E-state index contributed by atoms with van der Waals surface area (Å²) in [5, 5.41) is 5.76. The summed E-state index contributed by atoms with van der Waals surface area (Å²) >= 11 is 19.5. The monoisotopic (exact) mass is 1270 g/mol. The van der Waals surface area contributed by atoms with Crippen molar-refractivity contribution < 1.29 is 105 Å². The highest BCUT2D eigenvalue weighted by Gasteiger charge is 2.55. The predicted molar refractivity (Wildman–Crippen MR) is 306 cm³/mol. The molecule has 0 radical (unpaired) electrons. The van der Waals surface area contributed by atoms with Crippen LogP contribution in [0.25, 0.3) is 0 Å². The topological polar surface area (TPSA) is 312 Å². The van der Waals surface area contributed by atoms with E-state index in [9.17, 15) is 47.9 Å². The molecular weight excluding hydrogens is 1210 g/mol. The van der Waals surface area contributed by atoms with E-state index in [1.807, 2.05) is 4.90 Å². The zero-order valence-corrected chi connectivity index (χ0v) is 49.9. The minimum atomic E-state index is -1.83. The molecule has 3 aliphatic rings. The van der Waals surface area contributed by atoms with Gasteiger partial charge in [-0.15, -0.1) is 11.6 Å². The first kappa shape index (κ1) is 66.1. The molecule has 4 aromatic rings. The van der Waals surface area contributed by atoms with Crippen molar-refractivity contribution in [3.8, 4) is 23.0 Å². The number of ether oxygens (including phenoxy) is 12. The second-order valence-corrected chi connectivity index (χ2v) is 20.6. The summed E-state index contributed by atoms with van der Waals surface area (Å²) in [4.78, 5) is 129. The Morgan fingerprint density at radius 2 is 1.25 bits per heavy atom. The molecule has 2 N–H and O–H groups in total. The lowest BCUT2D eigenvalue weighted by Crippen LogP contribution is -2.54. The number of fused-ring (bicyclic) bond motifs is 6. The second kappa shape index (κ2) is 31.3. The lowest BCUT2D eigenvalue weighted by molar-refractivity contribution is -0.168.